The molecule has 30 heavy (non-hydrogen) atoms. The quantitative estimate of drug-likeness (QED) is 0.397. The van der Waals surface area contributed by atoms with Crippen LogP contribution in [-0.2, 0) is 12.7 Å². The van der Waals surface area contributed by atoms with Gasteiger partial charge >= 0.3 is 6.18 Å². The fourth-order valence-electron chi connectivity index (χ4n) is 4.20. The molecule has 2 aromatic carbocycles. The van der Waals surface area contributed by atoms with E-state index in [0.717, 1.165) is 46.7 Å². The van der Waals surface area contributed by atoms with Crippen molar-refractivity contribution in [3.63, 3.8) is 0 Å². The number of benzene rings is 2. The van der Waals surface area contributed by atoms with Gasteiger partial charge in [0, 0.05) is 52.4 Å². The third kappa shape index (κ3) is 3.38. The molecule has 3 nitrogen and oxygen atoms in total. The molecule has 1 unspecified atom stereocenters. The van der Waals surface area contributed by atoms with Crippen LogP contribution in [0.3, 0.4) is 0 Å². The van der Waals surface area contributed by atoms with Crippen molar-refractivity contribution in [2.45, 2.75) is 18.6 Å². The molecular weight excluding hydrogens is 407 g/mol. The Bertz CT molecular complexity index is 1220. The Balaban J connectivity index is 1.59. The summed E-state index contributed by atoms with van der Waals surface area (Å²) in [6.07, 6.45) is -0.918. The molecular formula is C23H18F3N3S. The van der Waals surface area contributed by atoms with Gasteiger partial charge < -0.3 is 4.90 Å². The van der Waals surface area contributed by atoms with Crippen molar-refractivity contribution in [2.75, 3.05) is 13.6 Å². The number of rotatable bonds is 2. The number of hydrogen-bond acceptors (Lipinski definition) is 4. The second kappa shape index (κ2) is 7.18. The molecule has 1 aliphatic rings. The lowest BCUT2D eigenvalue weighted by Crippen LogP contribution is -2.31. The van der Waals surface area contributed by atoms with Crippen molar-refractivity contribution >= 4 is 21.4 Å². The Morgan fingerprint density at radius 3 is 2.63 bits per heavy atom. The van der Waals surface area contributed by atoms with Gasteiger partial charge in [-0.15, -0.1) is 11.3 Å². The Labute approximate surface area is 175 Å². The third-order valence-electron chi connectivity index (χ3n) is 5.58. The second-order valence-electron chi connectivity index (χ2n) is 7.64. The van der Waals surface area contributed by atoms with E-state index >= 15 is 0 Å². The van der Waals surface area contributed by atoms with Gasteiger partial charge in [-0.05, 0) is 48.0 Å². The van der Waals surface area contributed by atoms with Crippen molar-refractivity contribution in [1.82, 2.24) is 14.9 Å². The molecule has 0 aliphatic carbocycles. The first-order chi connectivity index (χ1) is 14.4. The van der Waals surface area contributed by atoms with Gasteiger partial charge in [-0.2, -0.15) is 13.2 Å². The molecule has 0 bridgehead atoms. The Morgan fingerprint density at radius 1 is 1.07 bits per heavy atom. The molecule has 0 saturated heterocycles. The van der Waals surface area contributed by atoms with E-state index in [0.29, 0.717) is 10.5 Å². The van der Waals surface area contributed by atoms with Crippen molar-refractivity contribution in [3.05, 3.63) is 82.5 Å². The number of halogens is 3. The van der Waals surface area contributed by atoms with E-state index in [2.05, 4.69) is 27.0 Å². The maximum Gasteiger partial charge on any atom is 0.417 e. The normalized spacial score (nSPS) is 17.3. The van der Waals surface area contributed by atoms with E-state index in [1.165, 1.54) is 5.38 Å². The first-order valence-electron chi connectivity index (χ1n) is 9.57. The maximum absolute atomic E-state index is 13.4. The highest BCUT2D eigenvalue weighted by atomic mass is 32.1. The van der Waals surface area contributed by atoms with Crippen LogP contribution in [-0.4, -0.2) is 28.5 Å². The summed E-state index contributed by atoms with van der Waals surface area (Å²) in [4.78, 5) is 10.8. The van der Waals surface area contributed by atoms with Crippen LogP contribution in [0.2, 0.25) is 0 Å². The van der Waals surface area contributed by atoms with Gasteiger partial charge in [-0.25, -0.2) is 9.97 Å². The van der Waals surface area contributed by atoms with Gasteiger partial charge in [0.1, 0.15) is 0 Å². The van der Waals surface area contributed by atoms with Crippen molar-refractivity contribution < 1.29 is 13.2 Å². The summed E-state index contributed by atoms with van der Waals surface area (Å²) < 4.78 is 40.9. The summed E-state index contributed by atoms with van der Waals surface area (Å²) in [6.45, 7) is 1.53. The molecule has 7 heteroatoms. The van der Waals surface area contributed by atoms with Crippen molar-refractivity contribution in [3.8, 4) is 11.4 Å². The molecule has 0 radical (unpaired) electrons. The van der Waals surface area contributed by atoms with Crippen LogP contribution >= 0.6 is 11.3 Å². The zero-order valence-corrected chi connectivity index (χ0v) is 17.0. The monoisotopic (exact) mass is 425 g/mol. The number of alkyl halides is 3. The van der Waals surface area contributed by atoms with Gasteiger partial charge in [-0.3, -0.25) is 0 Å². The maximum atomic E-state index is 13.4. The zero-order chi connectivity index (χ0) is 20.9. The molecule has 4 aromatic rings. The van der Waals surface area contributed by atoms with Gasteiger partial charge in [0.25, 0.3) is 0 Å². The Morgan fingerprint density at radius 2 is 1.87 bits per heavy atom. The van der Waals surface area contributed by atoms with Crippen LogP contribution in [0.4, 0.5) is 13.2 Å². The fourth-order valence-corrected chi connectivity index (χ4v) is 5.15. The highest BCUT2D eigenvalue weighted by Crippen LogP contribution is 2.41. The number of nitrogens with zero attached hydrogens (tertiary/aromatic N) is 3. The van der Waals surface area contributed by atoms with Crippen LogP contribution in [0.25, 0.3) is 21.5 Å². The summed E-state index contributed by atoms with van der Waals surface area (Å²) in [5, 5.41) is 1.50. The van der Waals surface area contributed by atoms with E-state index in [4.69, 9.17) is 0 Å². The average molecular weight is 425 g/mol. The SMILES string of the molecule is CN1Cc2cc(-c3ncccn3)ccc2C(c2ccc3scc(C(F)(F)F)c3c2)C1. The fraction of sp³-hybridized carbons (Fsp3) is 0.217. The molecule has 0 N–H and O–H groups in total. The van der Waals surface area contributed by atoms with Crippen LogP contribution in [0.5, 0.6) is 0 Å². The highest BCUT2D eigenvalue weighted by molar-refractivity contribution is 7.17. The highest BCUT2D eigenvalue weighted by Gasteiger charge is 2.34. The number of thiophene rings is 1. The molecule has 3 heterocycles. The van der Waals surface area contributed by atoms with Gasteiger partial charge in [0.15, 0.2) is 5.82 Å². The minimum atomic E-state index is -4.34. The van der Waals surface area contributed by atoms with Gasteiger partial charge in [0.05, 0.1) is 5.56 Å². The summed E-state index contributed by atoms with van der Waals surface area (Å²) in [6, 6.07) is 13.4. The summed E-state index contributed by atoms with van der Waals surface area (Å²) >= 11 is 1.14. The van der Waals surface area contributed by atoms with Crippen LogP contribution in [0.15, 0.2) is 60.2 Å². The molecule has 0 spiro atoms. The Kier molecular flexibility index (Phi) is 4.60. The number of hydrogen-bond donors (Lipinski definition) is 0. The number of aromatic nitrogens is 2. The van der Waals surface area contributed by atoms with E-state index in [1.54, 1.807) is 24.5 Å². The minimum absolute atomic E-state index is 0.00914. The molecule has 152 valence electrons. The predicted octanol–water partition coefficient (Wildman–Crippen LogP) is 5.95. The van der Waals surface area contributed by atoms with Crippen LogP contribution < -0.4 is 0 Å². The molecule has 5 rings (SSSR count). The minimum Gasteiger partial charge on any atom is -0.301 e. The molecule has 2 aromatic heterocycles. The lowest BCUT2D eigenvalue weighted by molar-refractivity contribution is -0.136. The van der Waals surface area contributed by atoms with E-state index in [-0.39, 0.29) is 11.3 Å². The number of likely N-dealkylation sites (N-methyl/N-ethyl adjacent to an activating group) is 1. The van der Waals surface area contributed by atoms with Gasteiger partial charge in [-0.1, -0.05) is 18.2 Å². The average Bonchev–Trinajstić information content (AvgIpc) is 3.17. The topological polar surface area (TPSA) is 29.0 Å². The van der Waals surface area contributed by atoms with E-state index in [1.807, 2.05) is 25.2 Å². The molecule has 1 atom stereocenters. The lowest BCUT2D eigenvalue weighted by atomic mass is 9.83. The second-order valence-corrected chi connectivity index (χ2v) is 8.55. The molecule has 0 saturated carbocycles. The van der Waals surface area contributed by atoms with Gasteiger partial charge in [0.2, 0.25) is 0 Å². The van der Waals surface area contributed by atoms with E-state index < -0.39 is 11.7 Å². The first-order valence-corrected chi connectivity index (χ1v) is 10.5. The van der Waals surface area contributed by atoms with Crippen molar-refractivity contribution in [1.29, 1.82) is 0 Å². The zero-order valence-electron chi connectivity index (χ0n) is 16.1. The standard InChI is InChI=1S/C23H18F3N3S/c1-29-11-16-9-15(22-27-7-2-8-28-22)3-5-17(16)19(12-29)14-4-6-21-18(10-14)20(13-30-21)23(24,25)26/h2-10,13,19H,11-12H2,1H3. The summed E-state index contributed by atoms with van der Waals surface area (Å²) in [5.74, 6) is 0.675. The van der Waals surface area contributed by atoms with Crippen LogP contribution in [0, 0.1) is 0 Å². The Hall–Kier alpha value is -2.77. The molecule has 1 aliphatic heterocycles. The smallest absolute Gasteiger partial charge is 0.301 e. The van der Waals surface area contributed by atoms with E-state index in [9.17, 15) is 13.2 Å². The summed E-state index contributed by atoms with van der Waals surface area (Å²) in [7, 11) is 2.03. The largest absolute Gasteiger partial charge is 0.417 e. The summed E-state index contributed by atoms with van der Waals surface area (Å²) in [5.41, 5.74) is 3.60. The first kappa shape index (κ1) is 19.2. The third-order valence-corrected chi connectivity index (χ3v) is 6.55. The number of fused-ring (bicyclic) bond motifs is 2. The van der Waals surface area contributed by atoms with Crippen molar-refractivity contribution in [2.24, 2.45) is 0 Å². The molecule has 0 fully saturated rings. The predicted molar refractivity (Wildman–Crippen MR) is 112 cm³/mol. The molecule has 0 amide bonds. The van der Waals surface area contributed by atoms with Crippen LogP contribution in [0.1, 0.15) is 28.2 Å². The lowest BCUT2D eigenvalue weighted by Gasteiger charge is -2.33.